The Bertz CT molecular complexity index is 405. The fraction of sp³-hybridized carbons (Fsp3) is 1.00. The summed E-state index contributed by atoms with van der Waals surface area (Å²) in [5, 5.41) is 0. The quantitative estimate of drug-likeness (QED) is 0.489. The summed E-state index contributed by atoms with van der Waals surface area (Å²) in [5.74, 6) is 5.39. The second kappa shape index (κ2) is 11.2. The standard InChI is InChI=1S/C21H36.2C2H6.CH5N/c1-4-15-9-11-18-17-10-8-16-7-5-6-13-20(16,2)19(17)12-14-21(15,18)3;3*1-2/h15-19H,4-14H2,1-3H3;2*1-2H3;2H2,1H3. The highest BCUT2D eigenvalue weighted by Gasteiger charge is 2.59. The van der Waals surface area contributed by atoms with Crippen molar-refractivity contribution in [1.29, 1.82) is 0 Å². The van der Waals surface area contributed by atoms with Crippen LogP contribution >= 0.6 is 0 Å². The van der Waals surface area contributed by atoms with Crippen LogP contribution in [0.25, 0.3) is 0 Å². The van der Waals surface area contributed by atoms with Crippen LogP contribution in [-0.4, -0.2) is 7.05 Å². The minimum absolute atomic E-state index is 0.716. The van der Waals surface area contributed by atoms with Crippen molar-refractivity contribution < 1.29 is 0 Å². The van der Waals surface area contributed by atoms with E-state index in [1.807, 2.05) is 27.7 Å². The van der Waals surface area contributed by atoms with Crippen LogP contribution in [0.2, 0.25) is 0 Å². The third-order valence-corrected chi connectivity index (χ3v) is 9.27. The van der Waals surface area contributed by atoms with Crippen molar-refractivity contribution in [3.8, 4) is 0 Å². The van der Waals surface area contributed by atoms with Crippen LogP contribution in [0.15, 0.2) is 0 Å². The van der Waals surface area contributed by atoms with Gasteiger partial charge in [-0.3, -0.25) is 0 Å². The van der Waals surface area contributed by atoms with Crippen LogP contribution in [0.1, 0.15) is 119 Å². The highest BCUT2D eigenvalue weighted by atomic mass is 14.6. The molecule has 0 heterocycles. The molecule has 7 atom stereocenters. The Hall–Kier alpha value is -0.0400. The van der Waals surface area contributed by atoms with Crippen molar-refractivity contribution >= 4 is 0 Å². The van der Waals surface area contributed by atoms with Crippen LogP contribution in [0, 0.1) is 40.4 Å². The summed E-state index contributed by atoms with van der Waals surface area (Å²) in [6, 6.07) is 0. The van der Waals surface area contributed by atoms with Crippen molar-refractivity contribution in [3.63, 3.8) is 0 Å². The van der Waals surface area contributed by atoms with Gasteiger partial charge in [-0.1, -0.05) is 67.7 Å². The second-order valence-electron chi connectivity index (χ2n) is 9.63. The molecule has 0 aromatic carbocycles. The second-order valence-corrected chi connectivity index (χ2v) is 9.63. The van der Waals surface area contributed by atoms with Crippen LogP contribution in [0.4, 0.5) is 0 Å². The first-order valence-electron chi connectivity index (χ1n) is 12.7. The molecule has 162 valence electrons. The molecule has 0 bridgehead atoms. The molecule has 4 aliphatic carbocycles. The highest BCUT2D eigenvalue weighted by molar-refractivity contribution is 5.08. The van der Waals surface area contributed by atoms with Gasteiger partial charge in [0.05, 0.1) is 0 Å². The molecule has 2 N–H and O–H groups in total. The molecule has 0 aliphatic heterocycles. The topological polar surface area (TPSA) is 26.0 Å². The van der Waals surface area contributed by atoms with Crippen LogP contribution in [-0.2, 0) is 0 Å². The number of fused-ring (bicyclic) bond motifs is 5. The molecule has 27 heavy (non-hydrogen) atoms. The summed E-state index contributed by atoms with van der Waals surface area (Å²) in [4.78, 5) is 0. The normalized spacial score (nSPS) is 44.6. The monoisotopic (exact) mass is 379 g/mol. The smallest absolute Gasteiger partial charge is 0.0195 e. The van der Waals surface area contributed by atoms with Gasteiger partial charge in [0.2, 0.25) is 0 Å². The van der Waals surface area contributed by atoms with Gasteiger partial charge in [0.15, 0.2) is 0 Å². The predicted octanol–water partition coefficient (Wildman–Crippen LogP) is 8.07. The Morgan fingerprint density at radius 2 is 1.33 bits per heavy atom. The SMILES string of the molecule is CC.CC.CCC1CCC2C3CCC4CCCCC4(C)C3CCC12C.CN. The van der Waals surface area contributed by atoms with Gasteiger partial charge in [-0.15, -0.1) is 0 Å². The Labute approximate surface area is 172 Å². The van der Waals surface area contributed by atoms with E-state index in [0.29, 0.717) is 5.41 Å². The lowest BCUT2D eigenvalue weighted by Gasteiger charge is -2.60. The first kappa shape index (κ1) is 25.0. The predicted molar refractivity (Wildman–Crippen MR) is 123 cm³/mol. The summed E-state index contributed by atoms with van der Waals surface area (Å²) < 4.78 is 0. The first-order valence-corrected chi connectivity index (χ1v) is 12.7. The minimum atomic E-state index is 0.716. The van der Waals surface area contributed by atoms with Crippen LogP contribution < -0.4 is 5.73 Å². The van der Waals surface area contributed by atoms with Gasteiger partial charge in [0, 0.05) is 0 Å². The molecule has 4 aliphatic rings. The average Bonchev–Trinajstić information content (AvgIpc) is 3.08. The highest BCUT2D eigenvalue weighted by Crippen LogP contribution is 2.67. The van der Waals surface area contributed by atoms with Crippen molar-refractivity contribution in [2.24, 2.45) is 46.2 Å². The molecule has 7 unspecified atom stereocenters. The zero-order chi connectivity index (χ0) is 20.7. The summed E-state index contributed by atoms with van der Waals surface area (Å²) in [7, 11) is 1.50. The van der Waals surface area contributed by atoms with E-state index in [4.69, 9.17) is 0 Å². The lowest BCUT2D eigenvalue weighted by Crippen LogP contribution is -2.52. The number of nitrogens with two attached hydrogens (primary N) is 1. The Morgan fingerprint density at radius 3 is 1.96 bits per heavy atom. The number of hydrogen-bond donors (Lipinski definition) is 1. The third-order valence-electron chi connectivity index (χ3n) is 9.27. The lowest BCUT2D eigenvalue weighted by molar-refractivity contribution is -0.110. The Balaban J connectivity index is 0.000000556. The first-order chi connectivity index (χ1) is 13.1. The number of hydrogen-bond acceptors (Lipinski definition) is 1. The fourth-order valence-corrected chi connectivity index (χ4v) is 8.07. The van der Waals surface area contributed by atoms with Crippen molar-refractivity contribution in [3.05, 3.63) is 0 Å². The van der Waals surface area contributed by atoms with E-state index >= 15 is 0 Å². The molecular weight excluding hydrogens is 326 g/mol. The van der Waals surface area contributed by atoms with E-state index in [1.165, 1.54) is 26.3 Å². The van der Waals surface area contributed by atoms with Crippen molar-refractivity contribution in [1.82, 2.24) is 0 Å². The largest absolute Gasteiger partial charge is 0.333 e. The Kier molecular flexibility index (Phi) is 10.4. The summed E-state index contributed by atoms with van der Waals surface area (Å²) in [5.41, 5.74) is 5.95. The van der Waals surface area contributed by atoms with Gasteiger partial charge < -0.3 is 5.73 Å². The zero-order valence-electron chi connectivity index (χ0n) is 20.2. The molecule has 4 rings (SSSR count). The molecule has 0 aromatic rings. The van der Waals surface area contributed by atoms with Crippen LogP contribution in [0.5, 0.6) is 0 Å². The maximum atomic E-state index is 4.50. The molecule has 4 fully saturated rings. The van der Waals surface area contributed by atoms with E-state index in [2.05, 4.69) is 26.5 Å². The molecule has 1 nitrogen and oxygen atoms in total. The molecule has 0 spiro atoms. The van der Waals surface area contributed by atoms with Gasteiger partial charge in [-0.2, -0.15) is 0 Å². The lowest BCUT2D eigenvalue weighted by atomic mass is 9.45. The van der Waals surface area contributed by atoms with E-state index in [-0.39, 0.29) is 0 Å². The molecule has 0 amide bonds. The Morgan fingerprint density at radius 1 is 0.704 bits per heavy atom. The third kappa shape index (κ3) is 4.44. The van der Waals surface area contributed by atoms with Gasteiger partial charge in [0.25, 0.3) is 0 Å². The van der Waals surface area contributed by atoms with E-state index < -0.39 is 0 Å². The summed E-state index contributed by atoms with van der Waals surface area (Å²) in [6.45, 7) is 15.8. The molecular formula is C26H53N. The van der Waals surface area contributed by atoms with Crippen molar-refractivity contribution in [2.45, 2.75) is 119 Å². The summed E-state index contributed by atoms with van der Waals surface area (Å²) in [6.07, 6.45) is 17.0. The average molecular weight is 380 g/mol. The van der Waals surface area contributed by atoms with Crippen LogP contribution in [0.3, 0.4) is 0 Å². The zero-order valence-corrected chi connectivity index (χ0v) is 20.2. The van der Waals surface area contributed by atoms with E-state index in [1.54, 1.807) is 51.4 Å². The van der Waals surface area contributed by atoms with Crippen molar-refractivity contribution in [2.75, 3.05) is 7.05 Å². The fourth-order valence-electron chi connectivity index (χ4n) is 8.07. The maximum Gasteiger partial charge on any atom is -0.0195 e. The van der Waals surface area contributed by atoms with E-state index in [9.17, 15) is 0 Å². The molecule has 1 heteroatoms. The molecule has 0 aromatic heterocycles. The summed E-state index contributed by atoms with van der Waals surface area (Å²) >= 11 is 0. The van der Waals surface area contributed by atoms with Gasteiger partial charge in [-0.05, 0) is 98.8 Å². The van der Waals surface area contributed by atoms with Gasteiger partial charge >= 0.3 is 0 Å². The maximum absolute atomic E-state index is 4.50. The molecule has 4 saturated carbocycles. The molecule has 0 saturated heterocycles. The van der Waals surface area contributed by atoms with E-state index in [0.717, 1.165) is 35.0 Å². The minimum Gasteiger partial charge on any atom is -0.333 e. The van der Waals surface area contributed by atoms with Gasteiger partial charge in [0.1, 0.15) is 0 Å². The van der Waals surface area contributed by atoms with Gasteiger partial charge in [-0.25, -0.2) is 0 Å². The number of rotatable bonds is 1. The molecule has 0 radical (unpaired) electrons.